The minimum Gasteiger partial charge on any atom is -0.264 e. The molecule has 0 N–H and O–H groups in total. The van der Waals surface area contributed by atoms with Crippen molar-refractivity contribution in [2.45, 2.75) is 26.3 Å². The highest BCUT2D eigenvalue weighted by atomic mass is 127. The number of halogens is 1. The van der Waals surface area contributed by atoms with Crippen LogP contribution in [0.1, 0.15) is 18.4 Å². The maximum atomic E-state index is 4.61. The zero-order chi connectivity index (χ0) is 10.4. The van der Waals surface area contributed by atoms with Gasteiger partial charge in [-0.1, -0.05) is 11.6 Å². The van der Waals surface area contributed by atoms with Crippen LogP contribution in [0.25, 0.3) is 10.9 Å². The van der Waals surface area contributed by atoms with Gasteiger partial charge in [-0.15, -0.1) is 0 Å². The smallest absolute Gasteiger partial charge is 0.131 e. The van der Waals surface area contributed by atoms with Crippen molar-refractivity contribution in [2.24, 2.45) is 5.92 Å². The fourth-order valence-corrected chi connectivity index (χ4v) is 2.63. The molecule has 78 valence electrons. The van der Waals surface area contributed by atoms with Crippen LogP contribution in [0, 0.1) is 16.5 Å². The number of aryl methyl sites for hydroxylation is 1. The Balaban J connectivity index is 2.13. The van der Waals surface area contributed by atoms with Gasteiger partial charge in [0.1, 0.15) is 3.70 Å². The number of benzene rings is 1. The quantitative estimate of drug-likeness (QED) is 0.778. The summed E-state index contributed by atoms with van der Waals surface area (Å²) in [4.78, 5) is 0. The van der Waals surface area contributed by atoms with Crippen molar-refractivity contribution in [1.82, 2.24) is 9.78 Å². The molecule has 1 heterocycles. The van der Waals surface area contributed by atoms with Crippen molar-refractivity contribution in [3.63, 3.8) is 0 Å². The first-order valence-electron chi connectivity index (χ1n) is 5.37. The van der Waals surface area contributed by atoms with Crippen LogP contribution in [0.2, 0.25) is 0 Å². The summed E-state index contributed by atoms with van der Waals surface area (Å²) >= 11 is 2.33. The van der Waals surface area contributed by atoms with Crippen molar-refractivity contribution in [3.05, 3.63) is 27.5 Å². The largest absolute Gasteiger partial charge is 0.264 e. The van der Waals surface area contributed by atoms with Crippen molar-refractivity contribution in [1.29, 1.82) is 0 Å². The molecule has 2 nitrogen and oxygen atoms in total. The first kappa shape index (κ1) is 9.63. The molecular weight excluding hydrogens is 299 g/mol. The van der Waals surface area contributed by atoms with Gasteiger partial charge in [0.2, 0.25) is 0 Å². The van der Waals surface area contributed by atoms with E-state index < -0.39 is 0 Å². The Labute approximate surface area is 103 Å². The highest BCUT2D eigenvalue weighted by Crippen LogP contribution is 2.32. The average molecular weight is 312 g/mol. The lowest BCUT2D eigenvalue weighted by Crippen LogP contribution is -2.01. The molecule has 1 fully saturated rings. The summed E-state index contributed by atoms with van der Waals surface area (Å²) in [7, 11) is 0. The highest BCUT2D eigenvalue weighted by Gasteiger charge is 2.23. The van der Waals surface area contributed by atoms with Crippen LogP contribution in [0.4, 0.5) is 0 Å². The number of fused-ring (bicyclic) bond motifs is 1. The van der Waals surface area contributed by atoms with E-state index in [0.29, 0.717) is 0 Å². The van der Waals surface area contributed by atoms with Gasteiger partial charge in [-0.3, -0.25) is 4.68 Å². The minimum absolute atomic E-state index is 0.880. The Hall–Kier alpha value is -0.580. The van der Waals surface area contributed by atoms with Crippen molar-refractivity contribution in [3.8, 4) is 0 Å². The summed E-state index contributed by atoms with van der Waals surface area (Å²) in [5.41, 5.74) is 2.60. The van der Waals surface area contributed by atoms with E-state index in [0.717, 1.165) is 16.2 Å². The molecule has 1 aliphatic rings. The Bertz CT molecular complexity index is 512. The summed E-state index contributed by atoms with van der Waals surface area (Å²) in [5, 5.41) is 5.92. The second-order valence-electron chi connectivity index (χ2n) is 4.44. The summed E-state index contributed by atoms with van der Waals surface area (Å²) in [6, 6.07) is 6.60. The lowest BCUT2D eigenvalue weighted by Gasteiger charge is -2.01. The molecule has 15 heavy (non-hydrogen) atoms. The van der Waals surface area contributed by atoms with Gasteiger partial charge in [0.25, 0.3) is 0 Å². The van der Waals surface area contributed by atoms with Gasteiger partial charge in [0.15, 0.2) is 0 Å². The van der Waals surface area contributed by atoms with Gasteiger partial charge in [0.05, 0.1) is 5.52 Å². The van der Waals surface area contributed by atoms with E-state index in [1.165, 1.54) is 29.3 Å². The Morgan fingerprint density at radius 1 is 1.47 bits per heavy atom. The highest BCUT2D eigenvalue weighted by molar-refractivity contribution is 14.1. The van der Waals surface area contributed by atoms with Crippen LogP contribution in [0.15, 0.2) is 18.2 Å². The standard InChI is InChI=1S/C12H13IN2/c1-8-2-5-11-10(6-8)12(13)14-15(11)7-9-3-4-9/h2,5-6,9H,3-4,7H2,1H3. The van der Waals surface area contributed by atoms with Gasteiger partial charge in [-0.25, -0.2) is 0 Å². The average Bonchev–Trinajstić information content (AvgIpc) is 2.95. The lowest BCUT2D eigenvalue weighted by atomic mass is 10.2. The molecule has 1 aliphatic carbocycles. The van der Waals surface area contributed by atoms with Crippen LogP contribution in [-0.4, -0.2) is 9.78 Å². The van der Waals surface area contributed by atoms with Gasteiger partial charge in [0, 0.05) is 11.9 Å². The number of nitrogens with zero attached hydrogens (tertiary/aromatic N) is 2. The Kier molecular flexibility index (Phi) is 2.23. The third kappa shape index (κ3) is 1.77. The first-order chi connectivity index (χ1) is 7.24. The molecule has 0 amide bonds. The van der Waals surface area contributed by atoms with E-state index in [4.69, 9.17) is 0 Å². The monoisotopic (exact) mass is 312 g/mol. The number of aromatic nitrogens is 2. The topological polar surface area (TPSA) is 17.8 Å². The van der Waals surface area contributed by atoms with E-state index in [9.17, 15) is 0 Å². The third-order valence-corrected chi connectivity index (χ3v) is 3.79. The lowest BCUT2D eigenvalue weighted by molar-refractivity contribution is 0.577. The summed E-state index contributed by atoms with van der Waals surface area (Å²) < 4.78 is 3.31. The number of hydrogen-bond donors (Lipinski definition) is 0. The third-order valence-electron chi connectivity index (χ3n) is 2.99. The van der Waals surface area contributed by atoms with E-state index in [2.05, 4.69) is 57.5 Å². The van der Waals surface area contributed by atoms with Gasteiger partial charge in [-0.05, 0) is 60.4 Å². The maximum absolute atomic E-state index is 4.61. The molecule has 0 bridgehead atoms. The molecule has 0 aliphatic heterocycles. The molecule has 0 saturated heterocycles. The summed E-state index contributed by atoms with van der Waals surface area (Å²) in [6.45, 7) is 3.23. The number of hydrogen-bond acceptors (Lipinski definition) is 1. The van der Waals surface area contributed by atoms with Crippen LogP contribution < -0.4 is 0 Å². The predicted molar refractivity (Wildman–Crippen MR) is 69.9 cm³/mol. The zero-order valence-electron chi connectivity index (χ0n) is 8.70. The van der Waals surface area contributed by atoms with Gasteiger partial charge < -0.3 is 0 Å². The van der Waals surface area contributed by atoms with Crippen LogP contribution in [-0.2, 0) is 6.54 Å². The fraction of sp³-hybridized carbons (Fsp3) is 0.417. The molecular formula is C12H13IN2. The molecule has 0 radical (unpaired) electrons. The molecule has 1 saturated carbocycles. The molecule has 0 unspecified atom stereocenters. The first-order valence-corrected chi connectivity index (χ1v) is 6.44. The maximum Gasteiger partial charge on any atom is 0.131 e. The molecule has 3 rings (SSSR count). The van der Waals surface area contributed by atoms with E-state index in [1.54, 1.807) is 0 Å². The van der Waals surface area contributed by atoms with Crippen molar-refractivity contribution < 1.29 is 0 Å². The minimum atomic E-state index is 0.880. The fourth-order valence-electron chi connectivity index (χ4n) is 1.94. The van der Waals surface area contributed by atoms with E-state index in [-0.39, 0.29) is 0 Å². The van der Waals surface area contributed by atoms with E-state index >= 15 is 0 Å². The van der Waals surface area contributed by atoms with Crippen molar-refractivity contribution >= 4 is 33.5 Å². The molecule has 0 atom stereocenters. The predicted octanol–water partition coefficient (Wildman–Crippen LogP) is 3.36. The zero-order valence-corrected chi connectivity index (χ0v) is 10.9. The van der Waals surface area contributed by atoms with Gasteiger partial charge in [-0.2, -0.15) is 5.10 Å². The van der Waals surface area contributed by atoms with Crippen LogP contribution in [0.5, 0.6) is 0 Å². The summed E-state index contributed by atoms with van der Waals surface area (Å²) in [6.07, 6.45) is 2.76. The summed E-state index contributed by atoms with van der Waals surface area (Å²) in [5.74, 6) is 0.880. The molecule has 0 spiro atoms. The van der Waals surface area contributed by atoms with Crippen LogP contribution >= 0.6 is 22.6 Å². The van der Waals surface area contributed by atoms with Gasteiger partial charge >= 0.3 is 0 Å². The molecule has 1 aromatic heterocycles. The second kappa shape index (κ2) is 3.47. The Morgan fingerprint density at radius 3 is 3.00 bits per heavy atom. The molecule has 3 heteroatoms. The molecule has 2 aromatic rings. The SMILES string of the molecule is Cc1ccc2c(c1)c(I)nn2CC1CC1. The van der Waals surface area contributed by atoms with Crippen molar-refractivity contribution in [2.75, 3.05) is 0 Å². The molecule has 1 aromatic carbocycles. The number of rotatable bonds is 2. The Morgan fingerprint density at radius 2 is 2.27 bits per heavy atom. The van der Waals surface area contributed by atoms with E-state index in [1.807, 2.05) is 0 Å². The van der Waals surface area contributed by atoms with Crippen LogP contribution in [0.3, 0.4) is 0 Å². The normalized spacial score (nSPS) is 16.1. The second-order valence-corrected chi connectivity index (χ2v) is 5.46.